The average molecular weight is 321 g/mol. The van der Waals surface area contributed by atoms with E-state index in [4.69, 9.17) is 5.11 Å². The molecule has 2 atom stereocenters. The average Bonchev–Trinajstić information content (AvgIpc) is 2.47. The number of halogens is 4. The minimum absolute atomic E-state index is 0.0789. The smallest absolute Gasteiger partial charge is 0.388 e. The molecule has 1 aliphatic heterocycles. The molecule has 1 aromatic carbocycles. The first-order valence-electron chi connectivity index (χ1n) is 7.18. The van der Waals surface area contributed by atoms with Gasteiger partial charge in [-0.1, -0.05) is 12.1 Å². The van der Waals surface area contributed by atoms with Crippen LogP contribution in [0.1, 0.15) is 24.5 Å². The maximum absolute atomic E-state index is 12.9. The lowest BCUT2D eigenvalue weighted by Crippen LogP contribution is -2.44. The summed E-state index contributed by atoms with van der Waals surface area (Å²) in [5.74, 6) is -0.461. The third kappa shape index (κ3) is 4.41. The second-order valence-corrected chi connectivity index (χ2v) is 5.69. The Kier molecular flexibility index (Phi) is 5.41. The number of piperidine rings is 1. The van der Waals surface area contributed by atoms with E-state index in [-0.39, 0.29) is 11.7 Å². The van der Waals surface area contributed by atoms with E-state index in [2.05, 4.69) is 0 Å². The number of β-amino-alcohol motifs (C(OH)–C–C–N with tert-alkyl or cyclic N) is 1. The molecule has 3 nitrogen and oxygen atoms in total. The Labute approximate surface area is 126 Å². The van der Waals surface area contributed by atoms with E-state index in [0.717, 1.165) is 0 Å². The van der Waals surface area contributed by atoms with Crippen molar-refractivity contribution in [3.8, 4) is 0 Å². The van der Waals surface area contributed by atoms with Gasteiger partial charge < -0.3 is 15.1 Å². The molecule has 0 saturated carbocycles. The highest BCUT2D eigenvalue weighted by Crippen LogP contribution is 2.31. The fraction of sp³-hybridized carbons (Fsp3) is 0.600. The SMILES string of the molecule is O[C@H](c1ccc(F)cc1)C1CCN(C[C@H](O)C(F)(F)F)CC1. The summed E-state index contributed by atoms with van der Waals surface area (Å²) in [4.78, 5) is 1.55. The Morgan fingerprint density at radius 1 is 1.09 bits per heavy atom. The lowest BCUT2D eigenvalue weighted by molar-refractivity contribution is -0.209. The van der Waals surface area contributed by atoms with Gasteiger partial charge in [-0.3, -0.25) is 0 Å². The largest absolute Gasteiger partial charge is 0.415 e. The van der Waals surface area contributed by atoms with Gasteiger partial charge in [-0.25, -0.2) is 4.39 Å². The Balaban J connectivity index is 1.85. The fourth-order valence-corrected chi connectivity index (χ4v) is 2.73. The molecule has 0 amide bonds. The van der Waals surface area contributed by atoms with Crippen LogP contribution >= 0.6 is 0 Å². The molecular weight excluding hydrogens is 302 g/mol. The summed E-state index contributed by atoms with van der Waals surface area (Å²) in [5.41, 5.74) is 0.607. The molecule has 1 heterocycles. The number of likely N-dealkylation sites (tertiary alicyclic amines) is 1. The summed E-state index contributed by atoms with van der Waals surface area (Å²) < 4.78 is 49.8. The molecule has 1 aliphatic rings. The van der Waals surface area contributed by atoms with Gasteiger partial charge in [-0.2, -0.15) is 13.2 Å². The van der Waals surface area contributed by atoms with Crippen molar-refractivity contribution >= 4 is 0 Å². The first-order valence-corrected chi connectivity index (χ1v) is 7.18. The van der Waals surface area contributed by atoms with Gasteiger partial charge in [-0.05, 0) is 49.5 Å². The molecule has 2 N–H and O–H groups in total. The molecule has 2 rings (SSSR count). The lowest BCUT2D eigenvalue weighted by Gasteiger charge is -2.35. The molecule has 0 aliphatic carbocycles. The predicted molar refractivity (Wildman–Crippen MR) is 72.6 cm³/mol. The Morgan fingerprint density at radius 2 is 1.64 bits per heavy atom. The van der Waals surface area contributed by atoms with Gasteiger partial charge in [0, 0.05) is 6.54 Å². The van der Waals surface area contributed by atoms with Crippen LogP contribution in [0.3, 0.4) is 0 Å². The molecule has 22 heavy (non-hydrogen) atoms. The normalized spacial score (nSPS) is 20.8. The molecule has 124 valence electrons. The minimum Gasteiger partial charge on any atom is -0.388 e. The number of hydrogen-bond donors (Lipinski definition) is 2. The van der Waals surface area contributed by atoms with Crippen molar-refractivity contribution in [2.45, 2.75) is 31.2 Å². The predicted octanol–water partition coefficient (Wildman–Crippen LogP) is 2.49. The molecule has 0 unspecified atom stereocenters. The number of aliphatic hydroxyl groups excluding tert-OH is 2. The zero-order chi connectivity index (χ0) is 16.3. The van der Waals surface area contributed by atoms with Crippen LogP contribution in [0, 0.1) is 11.7 Å². The Bertz CT molecular complexity index is 469. The molecule has 0 radical (unpaired) electrons. The quantitative estimate of drug-likeness (QED) is 0.838. The molecule has 0 spiro atoms. The van der Waals surface area contributed by atoms with E-state index < -0.39 is 24.9 Å². The number of benzene rings is 1. The van der Waals surface area contributed by atoms with Crippen LogP contribution in [0.4, 0.5) is 17.6 Å². The highest BCUT2D eigenvalue weighted by molar-refractivity contribution is 5.19. The van der Waals surface area contributed by atoms with Crippen LogP contribution in [0.25, 0.3) is 0 Å². The van der Waals surface area contributed by atoms with Crippen molar-refractivity contribution in [2.75, 3.05) is 19.6 Å². The molecule has 0 aromatic heterocycles. The van der Waals surface area contributed by atoms with Crippen LogP contribution in [0.5, 0.6) is 0 Å². The second kappa shape index (κ2) is 6.93. The number of aliphatic hydroxyl groups is 2. The van der Waals surface area contributed by atoms with Crippen molar-refractivity contribution in [1.29, 1.82) is 0 Å². The highest BCUT2D eigenvalue weighted by atomic mass is 19.4. The maximum Gasteiger partial charge on any atom is 0.415 e. The van der Waals surface area contributed by atoms with E-state index in [0.29, 0.717) is 31.5 Å². The Morgan fingerprint density at radius 3 is 2.14 bits per heavy atom. The highest BCUT2D eigenvalue weighted by Gasteiger charge is 2.39. The summed E-state index contributed by atoms with van der Waals surface area (Å²) in [6, 6.07) is 5.57. The van der Waals surface area contributed by atoms with Crippen LogP contribution < -0.4 is 0 Å². The van der Waals surface area contributed by atoms with Crippen LogP contribution in [-0.4, -0.2) is 47.0 Å². The summed E-state index contributed by atoms with van der Waals surface area (Å²) in [7, 11) is 0. The van der Waals surface area contributed by atoms with Gasteiger partial charge in [0.1, 0.15) is 5.82 Å². The third-order valence-corrected chi connectivity index (χ3v) is 4.10. The van der Waals surface area contributed by atoms with Gasteiger partial charge in [0.2, 0.25) is 0 Å². The third-order valence-electron chi connectivity index (χ3n) is 4.10. The maximum atomic E-state index is 12.9. The Hall–Kier alpha value is -1.18. The topological polar surface area (TPSA) is 43.7 Å². The zero-order valence-electron chi connectivity index (χ0n) is 11.9. The second-order valence-electron chi connectivity index (χ2n) is 5.69. The zero-order valence-corrected chi connectivity index (χ0v) is 11.9. The van der Waals surface area contributed by atoms with Crippen molar-refractivity contribution in [1.82, 2.24) is 4.90 Å². The van der Waals surface area contributed by atoms with Crippen LogP contribution in [0.2, 0.25) is 0 Å². The minimum atomic E-state index is -4.61. The monoisotopic (exact) mass is 321 g/mol. The molecule has 1 fully saturated rings. The summed E-state index contributed by atoms with van der Waals surface area (Å²) >= 11 is 0. The van der Waals surface area contributed by atoms with Crippen molar-refractivity contribution < 1.29 is 27.8 Å². The van der Waals surface area contributed by atoms with E-state index in [1.807, 2.05) is 0 Å². The van der Waals surface area contributed by atoms with Gasteiger partial charge in [0.25, 0.3) is 0 Å². The van der Waals surface area contributed by atoms with Crippen molar-refractivity contribution in [2.24, 2.45) is 5.92 Å². The molecular formula is C15H19F4NO2. The van der Waals surface area contributed by atoms with Crippen LogP contribution in [0.15, 0.2) is 24.3 Å². The molecule has 0 bridgehead atoms. The summed E-state index contributed by atoms with van der Waals surface area (Å²) in [5, 5.41) is 19.3. The number of rotatable bonds is 4. The first kappa shape index (κ1) is 17.2. The van der Waals surface area contributed by atoms with Gasteiger partial charge >= 0.3 is 6.18 Å². The number of alkyl halides is 3. The first-order chi connectivity index (χ1) is 10.3. The molecule has 1 aromatic rings. The number of nitrogens with zero attached hydrogens (tertiary/aromatic N) is 1. The lowest BCUT2D eigenvalue weighted by atomic mass is 9.87. The standard InChI is InChI=1S/C15H19F4NO2/c16-12-3-1-10(2-4-12)14(22)11-5-7-20(8-6-11)9-13(21)15(17,18)19/h1-4,11,13-14,21-22H,5-9H2/t13-,14+/m0/s1. The van der Waals surface area contributed by atoms with Gasteiger partial charge in [0.15, 0.2) is 6.10 Å². The van der Waals surface area contributed by atoms with Gasteiger partial charge in [-0.15, -0.1) is 0 Å². The summed E-state index contributed by atoms with van der Waals surface area (Å²) in [6.45, 7) is 0.328. The molecule has 1 saturated heterocycles. The molecule has 7 heteroatoms. The van der Waals surface area contributed by atoms with E-state index in [1.165, 1.54) is 24.3 Å². The summed E-state index contributed by atoms with van der Waals surface area (Å²) in [6.07, 6.45) is -6.64. The number of hydrogen-bond acceptors (Lipinski definition) is 3. The van der Waals surface area contributed by atoms with E-state index >= 15 is 0 Å². The van der Waals surface area contributed by atoms with E-state index in [1.54, 1.807) is 4.90 Å². The van der Waals surface area contributed by atoms with Gasteiger partial charge in [0.05, 0.1) is 6.10 Å². The van der Waals surface area contributed by atoms with E-state index in [9.17, 15) is 22.7 Å². The van der Waals surface area contributed by atoms with Crippen molar-refractivity contribution in [3.63, 3.8) is 0 Å². The fourth-order valence-electron chi connectivity index (χ4n) is 2.73. The van der Waals surface area contributed by atoms with Crippen LogP contribution in [-0.2, 0) is 0 Å². The van der Waals surface area contributed by atoms with Crippen molar-refractivity contribution in [3.05, 3.63) is 35.6 Å².